The Morgan fingerprint density at radius 3 is 2.67 bits per heavy atom. The molecular weight excluding hydrogens is 296 g/mol. The largest absolute Gasteiger partial charge is 0.478 e. The van der Waals surface area contributed by atoms with E-state index in [2.05, 4.69) is 5.32 Å². The molecule has 2 aliphatic rings. The number of non-ortho nitro benzene ring substituents is 1. The van der Waals surface area contributed by atoms with Gasteiger partial charge in [-0.25, -0.2) is 4.79 Å². The van der Waals surface area contributed by atoms with Gasteiger partial charge in [0.05, 0.1) is 21.2 Å². The van der Waals surface area contributed by atoms with Crippen LogP contribution in [0.2, 0.25) is 5.02 Å². The molecule has 112 valence electrons. The zero-order chi connectivity index (χ0) is 15.1. The Labute approximate surface area is 126 Å². The monoisotopic (exact) mass is 310 g/mol. The molecular formula is C14H15ClN2O4. The topological polar surface area (TPSA) is 92.5 Å². The fraction of sp³-hybridized carbons (Fsp3) is 0.500. The van der Waals surface area contributed by atoms with Crippen molar-refractivity contribution in [1.82, 2.24) is 0 Å². The van der Waals surface area contributed by atoms with Crippen LogP contribution in [0.5, 0.6) is 0 Å². The highest BCUT2D eigenvalue weighted by Crippen LogP contribution is 2.46. The fourth-order valence-corrected chi connectivity index (χ4v) is 3.89. The lowest BCUT2D eigenvalue weighted by Crippen LogP contribution is -2.27. The molecule has 0 saturated heterocycles. The van der Waals surface area contributed by atoms with Gasteiger partial charge in [-0.05, 0) is 31.1 Å². The summed E-state index contributed by atoms with van der Waals surface area (Å²) >= 11 is 6.07. The van der Waals surface area contributed by atoms with Gasteiger partial charge in [-0.1, -0.05) is 18.0 Å². The minimum absolute atomic E-state index is 0.0874. The Balaban J connectivity index is 1.93. The lowest BCUT2D eigenvalue weighted by Gasteiger charge is -2.25. The van der Waals surface area contributed by atoms with Gasteiger partial charge >= 0.3 is 5.97 Å². The normalized spacial score (nSPS) is 26.8. The van der Waals surface area contributed by atoms with Gasteiger partial charge in [0, 0.05) is 18.2 Å². The molecule has 0 spiro atoms. The molecule has 6 nitrogen and oxygen atoms in total. The van der Waals surface area contributed by atoms with E-state index in [4.69, 9.17) is 11.6 Å². The Morgan fingerprint density at radius 1 is 1.38 bits per heavy atom. The van der Waals surface area contributed by atoms with Gasteiger partial charge in [0.2, 0.25) is 0 Å². The number of rotatable bonds is 4. The van der Waals surface area contributed by atoms with Crippen molar-refractivity contribution in [2.75, 3.05) is 5.32 Å². The number of anilines is 1. The van der Waals surface area contributed by atoms with Crippen molar-refractivity contribution < 1.29 is 14.8 Å². The van der Waals surface area contributed by atoms with Crippen LogP contribution in [0.15, 0.2) is 12.1 Å². The summed E-state index contributed by atoms with van der Waals surface area (Å²) in [4.78, 5) is 21.5. The summed E-state index contributed by atoms with van der Waals surface area (Å²) in [6, 6.07) is 2.47. The first-order valence-electron chi connectivity index (χ1n) is 6.93. The Kier molecular flexibility index (Phi) is 3.49. The molecule has 0 aromatic heterocycles. The summed E-state index contributed by atoms with van der Waals surface area (Å²) in [7, 11) is 0. The van der Waals surface area contributed by atoms with Gasteiger partial charge in [-0.3, -0.25) is 10.1 Å². The Hall–Kier alpha value is -1.82. The van der Waals surface area contributed by atoms with Gasteiger partial charge in [0.25, 0.3) is 5.69 Å². The zero-order valence-electron chi connectivity index (χ0n) is 11.2. The molecule has 3 rings (SSSR count). The summed E-state index contributed by atoms with van der Waals surface area (Å²) in [5, 5.41) is 23.4. The molecule has 1 aromatic carbocycles. The van der Waals surface area contributed by atoms with Crippen LogP contribution in [-0.4, -0.2) is 22.0 Å². The van der Waals surface area contributed by atoms with Gasteiger partial charge in [-0.2, -0.15) is 0 Å². The second-order valence-electron chi connectivity index (χ2n) is 5.84. The number of hydrogen-bond acceptors (Lipinski definition) is 4. The Morgan fingerprint density at radius 2 is 2.14 bits per heavy atom. The van der Waals surface area contributed by atoms with Crippen molar-refractivity contribution in [3.05, 3.63) is 32.8 Å². The van der Waals surface area contributed by atoms with Crippen LogP contribution in [0, 0.1) is 22.0 Å². The molecule has 1 aromatic rings. The van der Waals surface area contributed by atoms with Crippen LogP contribution in [-0.2, 0) is 0 Å². The number of halogens is 1. The molecule has 0 radical (unpaired) electrons. The van der Waals surface area contributed by atoms with Crippen LogP contribution >= 0.6 is 11.6 Å². The number of carboxylic acid groups (broad SMARTS) is 1. The first-order valence-corrected chi connectivity index (χ1v) is 7.31. The lowest BCUT2D eigenvalue weighted by atomic mass is 9.95. The number of benzene rings is 1. The SMILES string of the molecule is O=C(O)c1cc([N+](=O)[O-])cc(Cl)c1NC1CC2CCC1C2. The van der Waals surface area contributed by atoms with Crippen molar-refractivity contribution in [1.29, 1.82) is 0 Å². The molecule has 3 unspecified atom stereocenters. The van der Waals surface area contributed by atoms with E-state index in [1.807, 2.05) is 0 Å². The van der Waals surface area contributed by atoms with Crippen LogP contribution in [0.25, 0.3) is 0 Å². The average molecular weight is 311 g/mol. The smallest absolute Gasteiger partial charge is 0.338 e. The third kappa shape index (κ3) is 2.55. The summed E-state index contributed by atoms with van der Waals surface area (Å²) in [6.45, 7) is 0. The number of fused-ring (bicyclic) bond motifs is 2. The van der Waals surface area contributed by atoms with Crippen molar-refractivity contribution in [3.63, 3.8) is 0 Å². The van der Waals surface area contributed by atoms with E-state index in [0.29, 0.717) is 17.5 Å². The maximum absolute atomic E-state index is 11.4. The number of aromatic carboxylic acids is 1. The summed E-state index contributed by atoms with van der Waals surface area (Å²) < 4.78 is 0. The molecule has 0 aliphatic heterocycles. The average Bonchev–Trinajstić information content (AvgIpc) is 3.02. The minimum atomic E-state index is -1.22. The molecule has 2 fully saturated rings. The van der Waals surface area contributed by atoms with Gasteiger partial charge < -0.3 is 10.4 Å². The van der Waals surface area contributed by atoms with Crippen LogP contribution in [0.1, 0.15) is 36.0 Å². The molecule has 0 amide bonds. The first-order chi connectivity index (χ1) is 9.95. The number of nitrogens with zero attached hydrogens (tertiary/aromatic N) is 1. The fourth-order valence-electron chi connectivity index (χ4n) is 3.62. The number of nitro groups is 1. The highest BCUT2D eigenvalue weighted by molar-refractivity contribution is 6.34. The van der Waals surface area contributed by atoms with Gasteiger partial charge in [-0.15, -0.1) is 0 Å². The van der Waals surface area contributed by atoms with Crippen molar-refractivity contribution in [2.45, 2.75) is 31.7 Å². The van der Waals surface area contributed by atoms with E-state index in [1.54, 1.807) is 0 Å². The van der Waals surface area contributed by atoms with E-state index in [9.17, 15) is 20.0 Å². The van der Waals surface area contributed by atoms with E-state index in [-0.39, 0.29) is 22.3 Å². The molecule has 2 aliphatic carbocycles. The molecule has 0 heterocycles. The van der Waals surface area contributed by atoms with Crippen LogP contribution in [0.3, 0.4) is 0 Å². The number of carboxylic acids is 1. The third-order valence-electron chi connectivity index (χ3n) is 4.58. The minimum Gasteiger partial charge on any atom is -0.478 e. The highest BCUT2D eigenvalue weighted by atomic mass is 35.5. The lowest BCUT2D eigenvalue weighted by molar-refractivity contribution is -0.384. The number of carbonyl (C=O) groups is 1. The van der Waals surface area contributed by atoms with Crippen LogP contribution < -0.4 is 5.32 Å². The summed E-state index contributed by atoms with van der Waals surface area (Å²) in [5.74, 6) is 0.0340. The summed E-state index contributed by atoms with van der Waals surface area (Å²) in [6.07, 6.45) is 4.57. The second kappa shape index (κ2) is 5.18. The predicted molar refractivity (Wildman–Crippen MR) is 77.9 cm³/mol. The maximum Gasteiger partial charge on any atom is 0.338 e. The Bertz CT molecular complexity index is 619. The number of nitro benzene ring substituents is 1. The standard InChI is InChI=1S/C14H15ClN2O4/c15-11-6-9(17(20)21)5-10(14(18)19)13(11)16-12-4-7-1-2-8(12)3-7/h5-8,12,16H,1-4H2,(H,18,19). The van der Waals surface area contributed by atoms with E-state index < -0.39 is 10.9 Å². The second-order valence-corrected chi connectivity index (χ2v) is 6.25. The number of hydrogen-bond donors (Lipinski definition) is 2. The van der Waals surface area contributed by atoms with Gasteiger partial charge in [0.1, 0.15) is 0 Å². The molecule has 7 heteroatoms. The van der Waals surface area contributed by atoms with E-state index >= 15 is 0 Å². The highest BCUT2D eigenvalue weighted by Gasteiger charge is 2.40. The molecule has 2 saturated carbocycles. The van der Waals surface area contributed by atoms with Gasteiger partial charge in [0.15, 0.2) is 0 Å². The van der Waals surface area contributed by atoms with Crippen molar-refractivity contribution in [3.8, 4) is 0 Å². The van der Waals surface area contributed by atoms with Crippen molar-refractivity contribution >= 4 is 28.9 Å². The maximum atomic E-state index is 11.4. The zero-order valence-corrected chi connectivity index (χ0v) is 12.0. The molecule has 21 heavy (non-hydrogen) atoms. The molecule has 2 N–H and O–H groups in total. The van der Waals surface area contributed by atoms with E-state index in [1.165, 1.54) is 18.9 Å². The number of nitrogens with one attached hydrogen (secondary N) is 1. The van der Waals surface area contributed by atoms with Crippen molar-refractivity contribution in [2.24, 2.45) is 11.8 Å². The molecule has 3 atom stereocenters. The predicted octanol–water partition coefficient (Wildman–Crippen LogP) is 3.55. The first kappa shape index (κ1) is 14.1. The quantitative estimate of drug-likeness (QED) is 0.655. The molecule has 2 bridgehead atoms. The van der Waals surface area contributed by atoms with E-state index in [0.717, 1.165) is 18.9 Å². The summed E-state index contributed by atoms with van der Waals surface area (Å²) in [5.41, 5.74) is -0.153. The third-order valence-corrected chi connectivity index (χ3v) is 4.88. The van der Waals surface area contributed by atoms with Crippen LogP contribution in [0.4, 0.5) is 11.4 Å².